The summed E-state index contributed by atoms with van der Waals surface area (Å²) in [6, 6.07) is 9.28. The molecule has 0 aliphatic carbocycles. The minimum absolute atomic E-state index is 0.197. The highest BCUT2D eigenvalue weighted by Gasteiger charge is 2.11. The second-order valence-corrected chi connectivity index (χ2v) is 5.78. The Morgan fingerprint density at radius 1 is 1.44 bits per heavy atom. The molecule has 2 rings (SSSR count). The molecule has 1 heterocycles. The normalized spacial score (nSPS) is 10.3. The number of rotatable bonds is 5. The molecule has 0 radical (unpaired) electrons. The van der Waals surface area contributed by atoms with Gasteiger partial charge in [0.05, 0.1) is 11.3 Å². The lowest BCUT2D eigenvalue weighted by molar-refractivity contribution is 0.0693. The number of hydrogen-bond acceptors (Lipinski definition) is 4. The molecule has 2 aromatic rings. The van der Waals surface area contributed by atoms with E-state index in [9.17, 15) is 4.79 Å². The topological polar surface area (TPSA) is 46.5 Å². The Labute approximate surface area is 113 Å². The Balaban J connectivity index is 2.12. The van der Waals surface area contributed by atoms with Crippen LogP contribution in [0.1, 0.15) is 15.9 Å². The summed E-state index contributed by atoms with van der Waals surface area (Å²) in [7, 11) is 1.48. The van der Waals surface area contributed by atoms with Crippen molar-refractivity contribution in [2.45, 2.75) is 9.96 Å². The van der Waals surface area contributed by atoms with E-state index in [2.05, 4.69) is 6.07 Å². The first-order chi connectivity index (χ1) is 8.70. The minimum Gasteiger partial charge on any atom is -0.496 e. The molecular weight excluding hydrogens is 268 g/mol. The Bertz CT molecular complexity index is 535. The Kier molecular flexibility index (Phi) is 4.28. The monoisotopic (exact) mass is 280 g/mol. The third-order valence-corrected chi connectivity index (χ3v) is 4.57. The number of aromatic carboxylic acids is 1. The van der Waals surface area contributed by atoms with Crippen LogP contribution in [0.3, 0.4) is 0 Å². The van der Waals surface area contributed by atoms with Crippen molar-refractivity contribution in [3.8, 4) is 5.75 Å². The molecule has 0 saturated heterocycles. The number of thioether (sulfide) groups is 1. The number of carbonyl (C=O) groups is 1. The van der Waals surface area contributed by atoms with Crippen LogP contribution in [0.2, 0.25) is 0 Å². The van der Waals surface area contributed by atoms with Crippen molar-refractivity contribution >= 4 is 29.1 Å². The van der Waals surface area contributed by atoms with Gasteiger partial charge in [-0.05, 0) is 29.1 Å². The smallest absolute Gasteiger partial charge is 0.339 e. The fraction of sp³-hybridized carbons (Fsp3) is 0.154. The summed E-state index contributed by atoms with van der Waals surface area (Å²) in [4.78, 5) is 11.0. The standard InChI is InChI=1S/C13H12O3S2/c1-16-11-7-9(4-5-10(11)13(14)15)8-18-12-3-2-6-17-12/h2-7H,8H2,1H3,(H,14,15). The maximum absolute atomic E-state index is 11.0. The summed E-state index contributed by atoms with van der Waals surface area (Å²) in [6.45, 7) is 0. The minimum atomic E-state index is -0.968. The van der Waals surface area contributed by atoms with Gasteiger partial charge in [0.2, 0.25) is 0 Å². The van der Waals surface area contributed by atoms with E-state index < -0.39 is 5.97 Å². The molecule has 1 aromatic carbocycles. The molecule has 0 aliphatic rings. The van der Waals surface area contributed by atoms with Crippen LogP contribution in [0.4, 0.5) is 0 Å². The lowest BCUT2D eigenvalue weighted by Crippen LogP contribution is -2.00. The second kappa shape index (κ2) is 5.93. The van der Waals surface area contributed by atoms with Gasteiger partial charge >= 0.3 is 5.97 Å². The van der Waals surface area contributed by atoms with E-state index >= 15 is 0 Å². The summed E-state index contributed by atoms with van der Waals surface area (Å²) in [5, 5.41) is 11.0. The molecular formula is C13H12O3S2. The molecule has 5 heteroatoms. The second-order valence-electron chi connectivity index (χ2n) is 3.56. The molecule has 94 valence electrons. The number of benzene rings is 1. The number of hydrogen-bond donors (Lipinski definition) is 1. The van der Waals surface area contributed by atoms with Crippen molar-refractivity contribution < 1.29 is 14.6 Å². The van der Waals surface area contributed by atoms with Gasteiger partial charge in [0.1, 0.15) is 11.3 Å². The Hall–Kier alpha value is -1.46. The van der Waals surface area contributed by atoms with Gasteiger partial charge in [-0.3, -0.25) is 0 Å². The third-order valence-electron chi connectivity index (χ3n) is 2.37. The fourth-order valence-electron chi connectivity index (χ4n) is 1.50. The summed E-state index contributed by atoms with van der Waals surface area (Å²) < 4.78 is 6.34. The van der Waals surface area contributed by atoms with Gasteiger partial charge in [-0.15, -0.1) is 23.1 Å². The number of methoxy groups -OCH3 is 1. The molecule has 1 aromatic heterocycles. The number of carboxylic acid groups (broad SMARTS) is 1. The molecule has 0 aliphatic heterocycles. The molecule has 18 heavy (non-hydrogen) atoms. The van der Waals surface area contributed by atoms with Crippen LogP contribution >= 0.6 is 23.1 Å². The van der Waals surface area contributed by atoms with Crippen LogP contribution in [0, 0.1) is 0 Å². The molecule has 0 unspecified atom stereocenters. The molecule has 0 fully saturated rings. The predicted molar refractivity (Wildman–Crippen MR) is 73.8 cm³/mol. The number of thiophene rings is 1. The van der Waals surface area contributed by atoms with Gasteiger partial charge in [-0.1, -0.05) is 12.1 Å². The van der Waals surface area contributed by atoms with Crippen LogP contribution in [0.5, 0.6) is 5.75 Å². The van der Waals surface area contributed by atoms with E-state index in [1.165, 1.54) is 11.3 Å². The first kappa shape index (κ1) is 13.0. The molecule has 0 saturated carbocycles. The van der Waals surface area contributed by atoms with Crippen molar-refractivity contribution in [3.05, 3.63) is 46.8 Å². The number of ether oxygens (including phenoxy) is 1. The summed E-state index contributed by atoms with van der Waals surface area (Å²) >= 11 is 3.43. The first-order valence-corrected chi connectivity index (χ1v) is 7.13. The maximum Gasteiger partial charge on any atom is 0.339 e. The molecule has 0 spiro atoms. The van der Waals surface area contributed by atoms with Crippen molar-refractivity contribution in [2.24, 2.45) is 0 Å². The highest BCUT2D eigenvalue weighted by molar-refractivity contribution is 8.00. The maximum atomic E-state index is 11.0. The van der Waals surface area contributed by atoms with E-state index in [-0.39, 0.29) is 5.56 Å². The summed E-state index contributed by atoms with van der Waals surface area (Å²) in [5.74, 6) is 0.243. The zero-order valence-corrected chi connectivity index (χ0v) is 11.4. The van der Waals surface area contributed by atoms with E-state index in [1.54, 1.807) is 35.2 Å². The Morgan fingerprint density at radius 3 is 2.89 bits per heavy atom. The van der Waals surface area contributed by atoms with Crippen LogP contribution < -0.4 is 4.74 Å². The predicted octanol–water partition coefficient (Wildman–Crippen LogP) is 3.75. The van der Waals surface area contributed by atoms with Gasteiger partial charge in [-0.25, -0.2) is 4.79 Å². The average Bonchev–Trinajstić information content (AvgIpc) is 2.88. The van der Waals surface area contributed by atoms with Crippen molar-refractivity contribution in [3.63, 3.8) is 0 Å². The van der Waals surface area contributed by atoms with Crippen LogP contribution in [0.25, 0.3) is 0 Å². The first-order valence-electron chi connectivity index (χ1n) is 5.27. The summed E-state index contributed by atoms with van der Waals surface area (Å²) in [5.41, 5.74) is 1.25. The highest BCUT2D eigenvalue weighted by Crippen LogP contribution is 2.29. The Morgan fingerprint density at radius 2 is 2.28 bits per heavy atom. The van der Waals surface area contributed by atoms with E-state index in [4.69, 9.17) is 9.84 Å². The molecule has 0 bridgehead atoms. The van der Waals surface area contributed by atoms with Crippen molar-refractivity contribution in [2.75, 3.05) is 7.11 Å². The van der Waals surface area contributed by atoms with Crippen LogP contribution in [-0.2, 0) is 5.75 Å². The zero-order chi connectivity index (χ0) is 13.0. The average molecular weight is 280 g/mol. The highest BCUT2D eigenvalue weighted by atomic mass is 32.2. The van der Waals surface area contributed by atoms with E-state index in [1.807, 2.05) is 17.5 Å². The van der Waals surface area contributed by atoms with Crippen LogP contribution in [0.15, 0.2) is 39.9 Å². The lowest BCUT2D eigenvalue weighted by atomic mass is 10.1. The molecule has 0 amide bonds. The molecule has 0 atom stereocenters. The SMILES string of the molecule is COc1cc(CSc2cccs2)ccc1C(=O)O. The zero-order valence-electron chi connectivity index (χ0n) is 9.75. The van der Waals surface area contributed by atoms with Crippen molar-refractivity contribution in [1.82, 2.24) is 0 Å². The molecule has 1 N–H and O–H groups in total. The van der Waals surface area contributed by atoms with E-state index in [0.29, 0.717) is 5.75 Å². The largest absolute Gasteiger partial charge is 0.496 e. The van der Waals surface area contributed by atoms with Gasteiger partial charge in [0.25, 0.3) is 0 Å². The van der Waals surface area contributed by atoms with Gasteiger partial charge < -0.3 is 9.84 Å². The fourth-order valence-corrected chi connectivity index (χ4v) is 3.23. The lowest BCUT2D eigenvalue weighted by Gasteiger charge is -2.07. The van der Waals surface area contributed by atoms with Crippen LogP contribution in [-0.4, -0.2) is 18.2 Å². The van der Waals surface area contributed by atoms with Gasteiger partial charge in [0, 0.05) is 5.75 Å². The summed E-state index contributed by atoms with van der Waals surface area (Å²) in [6.07, 6.45) is 0. The quantitative estimate of drug-likeness (QED) is 0.847. The third kappa shape index (κ3) is 3.05. The van der Waals surface area contributed by atoms with E-state index in [0.717, 1.165) is 11.3 Å². The van der Waals surface area contributed by atoms with Gasteiger partial charge in [0.15, 0.2) is 0 Å². The van der Waals surface area contributed by atoms with Gasteiger partial charge in [-0.2, -0.15) is 0 Å². The van der Waals surface area contributed by atoms with Crippen molar-refractivity contribution in [1.29, 1.82) is 0 Å². The molecule has 3 nitrogen and oxygen atoms in total. The number of carboxylic acids is 1.